The van der Waals surface area contributed by atoms with E-state index in [1.165, 1.54) is 24.3 Å². The van der Waals surface area contributed by atoms with Gasteiger partial charge in [-0.05, 0) is 30.5 Å². The lowest BCUT2D eigenvalue weighted by molar-refractivity contribution is 0.0982. The largest absolute Gasteiger partial charge is 0.294 e. The minimum atomic E-state index is -0.335. The quantitative estimate of drug-likeness (QED) is 0.738. The summed E-state index contributed by atoms with van der Waals surface area (Å²) in [6, 6.07) is 5.63. The van der Waals surface area contributed by atoms with Crippen molar-refractivity contribution in [2.24, 2.45) is 7.05 Å². The van der Waals surface area contributed by atoms with Crippen LogP contribution in [0.25, 0.3) is 0 Å². The second-order valence-corrected chi connectivity index (χ2v) is 5.73. The topological polar surface area (TPSA) is 47.8 Å². The minimum Gasteiger partial charge on any atom is -0.294 e. The molecule has 0 radical (unpaired) electrons. The molecule has 0 unspecified atom stereocenters. The summed E-state index contributed by atoms with van der Waals surface area (Å²) in [5, 5.41) is 4.34. The SMILES string of the molecule is CSCCc1nc(CCC(=O)c2ccc(F)cc2)n(C)n1. The van der Waals surface area contributed by atoms with Crippen LogP contribution in [0.5, 0.6) is 0 Å². The van der Waals surface area contributed by atoms with Crippen molar-refractivity contribution < 1.29 is 9.18 Å². The molecule has 112 valence electrons. The summed E-state index contributed by atoms with van der Waals surface area (Å²) in [4.78, 5) is 16.5. The summed E-state index contributed by atoms with van der Waals surface area (Å²) in [6.07, 6.45) is 3.77. The highest BCUT2D eigenvalue weighted by Gasteiger charge is 2.11. The highest BCUT2D eigenvalue weighted by molar-refractivity contribution is 7.98. The van der Waals surface area contributed by atoms with Crippen LogP contribution in [-0.2, 0) is 19.9 Å². The number of aryl methyl sites for hydroxylation is 3. The molecule has 0 bridgehead atoms. The number of nitrogens with zero attached hydrogens (tertiary/aromatic N) is 3. The Morgan fingerprint density at radius 3 is 2.67 bits per heavy atom. The van der Waals surface area contributed by atoms with Crippen molar-refractivity contribution in [3.8, 4) is 0 Å². The first-order valence-corrected chi connectivity index (χ1v) is 8.16. The number of hydrogen-bond acceptors (Lipinski definition) is 4. The van der Waals surface area contributed by atoms with Gasteiger partial charge in [0.25, 0.3) is 0 Å². The number of Topliss-reactive ketones (excluding diaryl/α,β-unsaturated/α-hetero) is 1. The third kappa shape index (κ3) is 4.39. The summed E-state index contributed by atoms with van der Waals surface area (Å²) in [5.74, 6) is 2.26. The molecule has 0 amide bonds. The Labute approximate surface area is 127 Å². The first kappa shape index (κ1) is 15.7. The number of hydrogen-bond donors (Lipinski definition) is 0. The van der Waals surface area contributed by atoms with Gasteiger partial charge in [-0.25, -0.2) is 9.37 Å². The van der Waals surface area contributed by atoms with Crippen molar-refractivity contribution in [1.29, 1.82) is 0 Å². The van der Waals surface area contributed by atoms with Crippen LogP contribution in [0, 0.1) is 5.82 Å². The van der Waals surface area contributed by atoms with Gasteiger partial charge >= 0.3 is 0 Å². The zero-order valence-electron chi connectivity index (χ0n) is 12.2. The number of halogens is 1. The van der Waals surface area contributed by atoms with E-state index in [1.807, 2.05) is 13.3 Å². The normalized spacial score (nSPS) is 10.8. The van der Waals surface area contributed by atoms with Crippen molar-refractivity contribution in [2.75, 3.05) is 12.0 Å². The summed E-state index contributed by atoms with van der Waals surface area (Å²) < 4.78 is 14.6. The number of ketones is 1. The van der Waals surface area contributed by atoms with Crippen LogP contribution in [0.15, 0.2) is 24.3 Å². The zero-order valence-corrected chi connectivity index (χ0v) is 13.0. The van der Waals surface area contributed by atoms with E-state index in [2.05, 4.69) is 10.1 Å². The average Bonchev–Trinajstić information content (AvgIpc) is 2.83. The maximum atomic E-state index is 12.8. The van der Waals surface area contributed by atoms with E-state index in [-0.39, 0.29) is 11.6 Å². The van der Waals surface area contributed by atoms with Gasteiger partial charge in [0.1, 0.15) is 11.6 Å². The van der Waals surface area contributed by atoms with Gasteiger partial charge < -0.3 is 0 Å². The molecule has 2 aromatic rings. The fourth-order valence-corrected chi connectivity index (χ4v) is 2.38. The molecular weight excluding hydrogens is 289 g/mol. The molecule has 4 nitrogen and oxygen atoms in total. The lowest BCUT2D eigenvalue weighted by Crippen LogP contribution is -2.05. The molecule has 0 saturated heterocycles. The summed E-state index contributed by atoms with van der Waals surface area (Å²) >= 11 is 1.75. The second-order valence-electron chi connectivity index (χ2n) is 4.74. The van der Waals surface area contributed by atoms with E-state index in [0.717, 1.165) is 23.8 Å². The average molecular weight is 307 g/mol. The predicted molar refractivity (Wildman–Crippen MR) is 82.1 cm³/mol. The number of thioether (sulfide) groups is 1. The second kappa shape index (κ2) is 7.36. The maximum absolute atomic E-state index is 12.8. The Bertz CT molecular complexity index is 610. The van der Waals surface area contributed by atoms with E-state index < -0.39 is 0 Å². The number of rotatable bonds is 7. The Kier molecular flexibility index (Phi) is 5.50. The number of carbonyl (C=O) groups excluding carboxylic acids is 1. The van der Waals surface area contributed by atoms with Crippen LogP contribution < -0.4 is 0 Å². The molecule has 1 heterocycles. The lowest BCUT2D eigenvalue weighted by Gasteiger charge is -2.01. The third-order valence-corrected chi connectivity index (χ3v) is 3.78. The molecular formula is C15H18FN3OS. The van der Waals surface area contributed by atoms with Crippen molar-refractivity contribution in [3.63, 3.8) is 0 Å². The number of carbonyl (C=O) groups is 1. The molecule has 1 aromatic carbocycles. The van der Waals surface area contributed by atoms with Crippen molar-refractivity contribution in [3.05, 3.63) is 47.3 Å². The van der Waals surface area contributed by atoms with Crippen LogP contribution in [0.1, 0.15) is 28.4 Å². The van der Waals surface area contributed by atoms with E-state index in [9.17, 15) is 9.18 Å². The molecule has 2 rings (SSSR count). The Balaban J connectivity index is 1.94. The summed E-state index contributed by atoms with van der Waals surface area (Å²) in [7, 11) is 1.84. The molecule has 0 N–H and O–H groups in total. The highest BCUT2D eigenvalue weighted by atomic mass is 32.2. The molecule has 0 atom stereocenters. The van der Waals surface area contributed by atoms with Gasteiger partial charge in [0.2, 0.25) is 0 Å². The van der Waals surface area contributed by atoms with E-state index in [1.54, 1.807) is 16.4 Å². The van der Waals surface area contributed by atoms with Crippen molar-refractivity contribution in [1.82, 2.24) is 14.8 Å². The van der Waals surface area contributed by atoms with Gasteiger partial charge in [-0.1, -0.05) is 0 Å². The Morgan fingerprint density at radius 2 is 2.00 bits per heavy atom. The third-order valence-electron chi connectivity index (χ3n) is 3.17. The smallest absolute Gasteiger partial charge is 0.163 e. The van der Waals surface area contributed by atoms with Crippen molar-refractivity contribution in [2.45, 2.75) is 19.3 Å². The number of benzene rings is 1. The van der Waals surface area contributed by atoms with Gasteiger partial charge in [-0.2, -0.15) is 16.9 Å². The molecule has 0 aliphatic rings. The monoisotopic (exact) mass is 307 g/mol. The van der Waals surface area contributed by atoms with E-state index >= 15 is 0 Å². The molecule has 0 spiro atoms. The number of aromatic nitrogens is 3. The predicted octanol–water partition coefficient (Wildman–Crippen LogP) is 2.68. The van der Waals surface area contributed by atoms with Crippen molar-refractivity contribution >= 4 is 17.5 Å². The van der Waals surface area contributed by atoms with Gasteiger partial charge in [0, 0.05) is 37.6 Å². The lowest BCUT2D eigenvalue weighted by atomic mass is 10.1. The fourth-order valence-electron chi connectivity index (χ4n) is 2.00. The van der Waals surface area contributed by atoms with Gasteiger partial charge in [0.15, 0.2) is 11.6 Å². The fraction of sp³-hybridized carbons (Fsp3) is 0.400. The summed E-state index contributed by atoms with van der Waals surface area (Å²) in [6.45, 7) is 0. The van der Waals surface area contributed by atoms with Gasteiger partial charge in [-0.3, -0.25) is 9.48 Å². The van der Waals surface area contributed by atoms with Crippen LogP contribution in [0.4, 0.5) is 4.39 Å². The Hall–Kier alpha value is -1.69. The maximum Gasteiger partial charge on any atom is 0.163 e. The van der Waals surface area contributed by atoms with Crippen LogP contribution >= 0.6 is 11.8 Å². The van der Waals surface area contributed by atoms with Crippen LogP contribution in [0.3, 0.4) is 0 Å². The molecule has 0 aliphatic carbocycles. The van der Waals surface area contributed by atoms with Crippen LogP contribution in [-0.4, -0.2) is 32.6 Å². The van der Waals surface area contributed by atoms with Gasteiger partial charge in [-0.15, -0.1) is 0 Å². The first-order valence-electron chi connectivity index (χ1n) is 6.76. The molecule has 1 aromatic heterocycles. The van der Waals surface area contributed by atoms with Gasteiger partial charge in [0.05, 0.1) is 0 Å². The molecule has 6 heteroatoms. The zero-order chi connectivity index (χ0) is 15.2. The first-order chi connectivity index (χ1) is 10.1. The molecule has 21 heavy (non-hydrogen) atoms. The highest BCUT2D eigenvalue weighted by Crippen LogP contribution is 2.09. The molecule has 0 aliphatic heterocycles. The van der Waals surface area contributed by atoms with E-state index in [4.69, 9.17) is 0 Å². The Morgan fingerprint density at radius 1 is 1.29 bits per heavy atom. The minimum absolute atomic E-state index is 0.0105. The summed E-state index contributed by atoms with van der Waals surface area (Å²) in [5.41, 5.74) is 0.529. The molecule has 0 fully saturated rings. The standard InChI is InChI=1S/C15H18FN3OS/c1-19-15(17-14(18-19)9-10-21-2)8-7-13(20)11-3-5-12(16)6-4-11/h3-6H,7-10H2,1-2H3. The van der Waals surface area contributed by atoms with E-state index in [0.29, 0.717) is 18.4 Å². The molecule has 0 saturated carbocycles. The van der Waals surface area contributed by atoms with Crippen LogP contribution in [0.2, 0.25) is 0 Å².